The van der Waals surface area contributed by atoms with Crippen LogP contribution in [0.1, 0.15) is 43.4 Å². The van der Waals surface area contributed by atoms with E-state index in [0.717, 1.165) is 12.3 Å². The molecule has 0 aliphatic rings. The van der Waals surface area contributed by atoms with Gasteiger partial charge in [0.15, 0.2) is 0 Å². The molecule has 0 aromatic heterocycles. The van der Waals surface area contributed by atoms with E-state index in [4.69, 9.17) is 0 Å². The van der Waals surface area contributed by atoms with Crippen LogP contribution < -0.4 is 0 Å². The van der Waals surface area contributed by atoms with Crippen LogP contribution in [0.2, 0.25) is 0 Å². The fourth-order valence-corrected chi connectivity index (χ4v) is 2.79. The first-order valence-corrected chi connectivity index (χ1v) is 7.97. The van der Waals surface area contributed by atoms with Crippen molar-refractivity contribution in [1.82, 2.24) is 0 Å². The van der Waals surface area contributed by atoms with Crippen LogP contribution in [0.25, 0.3) is 17.2 Å². The van der Waals surface area contributed by atoms with Gasteiger partial charge in [0.2, 0.25) is 0 Å². The van der Waals surface area contributed by atoms with Crippen molar-refractivity contribution in [3.8, 4) is 11.1 Å². The van der Waals surface area contributed by atoms with Crippen molar-refractivity contribution < 1.29 is 0 Å². The Labute approximate surface area is 129 Å². The highest BCUT2D eigenvalue weighted by Crippen LogP contribution is 2.30. The van der Waals surface area contributed by atoms with E-state index in [0.29, 0.717) is 0 Å². The van der Waals surface area contributed by atoms with Crippen molar-refractivity contribution in [2.24, 2.45) is 5.92 Å². The third kappa shape index (κ3) is 3.64. The van der Waals surface area contributed by atoms with Crippen LogP contribution >= 0.6 is 0 Å². The van der Waals surface area contributed by atoms with Crippen molar-refractivity contribution in [2.75, 3.05) is 0 Å². The first kappa shape index (κ1) is 15.6. The molecule has 0 saturated heterocycles. The van der Waals surface area contributed by atoms with Crippen molar-refractivity contribution in [2.45, 2.75) is 40.0 Å². The molecule has 2 aromatic rings. The van der Waals surface area contributed by atoms with Crippen LogP contribution in [-0.2, 0) is 6.42 Å². The molecule has 0 unspecified atom stereocenters. The molecule has 0 aliphatic carbocycles. The second-order valence-electron chi connectivity index (χ2n) is 5.95. The first-order chi connectivity index (χ1) is 10.2. The fraction of sp³-hybridized carbons (Fsp3) is 0.333. The summed E-state index contributed by atoms with van der Waals surface area (Å²) in [6, 6.07) is 15.2. The van der Waals surface area contributed by atoms with Crippen molar-refractivity contribution in [1.29, 1.82) is 0 Å². The summed E-state index contributed by atoms with van der Waals surface area (Å²) in [6.45, 7) is 10.8. The predicted molar refractivity (Wildman–Crippen MR) is 94.5 cm³/mol. The van der Waals surface area contributed by atoms with Crippen LogP contribution in [0.4, 0.5) is 0 Å². The second kappa shape index (κ2) is 7.26. The first-order valence-electron chi connectivity index (χ1n) is 7.97. The molecule has 0 saturated carbocycles. The molecule has 0 amide bonds. The zero-order chi connectivity index (χ0) is 15.2. The van der Waals surface area contributed by atoms with E-state index in [1.807, 2.05) is 6.08 Å². The highest BCUT2D eigenvalue weighted by molar-refractivity contribution is 5.78. The zero-order valence-electron chi connectivity index (χ0n) is 13.5. The molecule has 0 nitrogen and oxygen atoms in total. The van der Waals surface area contributed by atoms with E-state index in [-0.39, 0.29) is 0 Å². The minimum Gasteiger partial charge on any atom is -0.0984 e. The minimum atomic E-state index is 0.782. The van der Waals surface area contributed by atoms with Gasteiger partial charge in [-0.2, -0.15) is 0 Å². The van der Waals surface area contributed by atoms with Crippen LogP contribution in [0.5, 0.6) is 0 Å². The average Bonchev–Trinajstić information content (AvgIpc) is 2.52. The Bertz CT molecular complexity index is 607. The van der Waals surface area contributed by atoms with Gasteiger partial charge in [0, 0.05) is 0 Å². The van der Waals surface area contributed by atoms with E-state index in [2.05, 4.69) is 69.8 Å². The molecule has 0 heterocycles. The van der Waals surface area contributed by atoms with Gasteiger partial charge in [-0.3, -0.25) is 0 Å². The fourth-order valence-electron chi connectivity index (χ4n) is 2.79. The number of hydrogen-bond donors (Lipinski definition) is 0. The lowest BCUT2D eigenvalue weighted by Crippen LogP contribution is -1.99. The number of aryl methyl sites for hydroxylation is 2. The second-order valence-corrected chi connectivity index (χ2v) is 5.95. The Morgan fingerprint density at radius 2 is 1.76 bits per heavy atom. The number of hydrogen-bond acceptors (Lipinski definition) is 0. The van der Waals surface area contributed by atoms with Gasteiger partial charge in [0.1, 0.15) is 0 Å². The van der Waals surface area contributed by atoms with Gasteiger partial charge < -0.3 is 0 Å². The summed E-state index contributed by atoms with van der Waals surface area (Å²) in [7, 11) is 0. The van der Waals surface area contributed by atoms with Gasteiger partial charge in [0.05, 0.1) is 0 Å². The summed E-state index contributed by atoms with van der Waals surface area (Å²) < 4.78 is 0. The third-order valence-corrected chi connectivity index (χ3v) is 4.44. The Morgan fingerprint density at radius 3 is 2.43 bits per heavy atom. The Kier molecular flexibility index (Phi) is 5.38. The highest BCUT2D eigenvalue weighted by Gasteiger charge is 2.10. The highest BCUT2D eigenvalue weighted by atomic mass is 14.1. The molecular weight excluding hydrogens is 252 g/mol. The molecular formula is C21H26. The summed E-state index contributed by atoms with van der Waals surface area (Å²) in [4.78, 5) is 0. The zero-order valence-corrected chi connectivity index (χ0v) is 13.5. The molecule has 110 valence electrons. The molecule has 0 bridgehead atoms. The molecule has 0 spiro atoms. The molecule has 1 atom stereocenters. The quantitative estimate of drug-likeness (QED) is 0.583. The monoisotopic (exact) mass is 278 g/mol. The summed E-state index contributed by atoms with van der Waals surface area (Å²) in [5, 5.41) is 0. The molecule has 0 aliphatic heterocycles. The maximum atomic E-state index is 4.05. The molecule has 2 rings (SSSR count). The van der Waals surface area contributed by atoms with Crippen LogP contribution in [0.15, 0.2) is 49.0 Å². The lowest BCUT2D eigenvalue weighted by molar-refractivity contribution is 0.516. The van der Waals surface area contributed by atoms with Crippen molar-refractivity contribution in [3.63, 3.8) is 0 Å². The van der Waals surface area contributed by atoms with Crippen LogP contribution in [-0.4, -0.2) is 0 Å². The molecule has 0 heteroatoms. The van der Waals surface area contributed by atoms with Crippen molar-refractivity contribution >= 4 is 6.08 Å². The molecule has 0 fully saturated rings. The minimum absolute atomic E-state index is 0.782. The van der Waals surface area contributed by atoms with Gasteiger partial charge in [-0.15, -0.1) is 0 Å². The van der Waals surface area contributed by atoms with Crippen molar-refractivity contribution in [3.05, 3.63) is 65.7 Å². The Morgan fingerprint density at radius 1 is 1.05 bits per heavy atom. The van der Waals surface area contributed by atoms with Gasteiger partial charge in [-0.25, -0.2) is 0 Å². The Hall–Kier alpha value is -1.82. The standard InChI is InChI=1S/C21H26/c1-5-16(3)14-15-18-11-9-13-21(19(18)6-2)20-12-8-7-10-17(20)4/h6-13,16H,2,5,14-15H2,1,3-4H3/t16-/m0/s1. The lowest BCUT2D eigenvalue weighted by Gasteiger charge is -2.15. The van der Waals surface area contributed by atoms with Crippen LogP contribution in [0, 0.1) is 12.8 Å². The number of benzene rings is 2. The summed E-state index contributed by atoms with van der Waals surface area (Å²) in [6.07, 6.45) is 5.65. The van der Waals surface area contributed by atoms with E-state index in [1.54, 1.807) is 0 Å². The predicted octanol–water partition coefficient (Wildman–Crippen LogP) is 6.28. The van der Waals surface area contributed by atoms with Gasteiger partial charge >= 0.3 is 0 Å². The maximum Gasteiger partial charge on any atom is -0.0106 e. The molecule has 2 aromatic carbocycles. The van der Waals surface area contributed by atoms with Gasteiger partial charge in [-0.1, -0.05) is 75.4 Å². The molecule has 21 heavy (non-hydrogen) atoms. The summed E-state index contributed by atoms with van der Waals surface area (Å²) in [5.41, 5.74) is 6.67. The molecule has 0 N–H and O–H groups in total. The largest absolute Gasteiger partial charge is 0.0984 e. The normalized spacial score (nSPS) is 12.1. The Balaban J connectivity index is 2.40. The van der Waals surface area contributed by atoms with E-state index in [1.165, 1.54) is 40.7 Å². The van der Waals surface area contributed by atoms with E-state index >= 15 is 0 Å². The lowest BCUT2D eigenvalue weighted by atomic mass is 9.89. The summed E-state index contributed by atoms with van der Waals surface area (Å²) >= 11 is 0. The van der Waals surface area contributed by atoms with Gasteiger partial charge in [-0.05, 0) is 53.5 Å². The number of rotatable bonds is 6. The van der Waals surface area contributed by atoms with Crippen LogP contribution in [0.3, 0.4) is 0 Å². The van der Waals surface area contributed by atoms with E-state index < -0.39 is 0 Å². The third-order valence-electron chi connectivity index (χ3n) is 4.44. The average molecular weight is 278 g/mol. The smallest absolute Gasteiger partial charge is 0.0106 e. The summed E-state index contributed by atoms with van der Waals surface area (Å²) in [5.74, 6) is 0.782. The SMILES string of the molecule is C=Cc1c(CC[C@@H](C)CC)cccc1-c1ccccc1C. The van der Waals surface area contributed by atoms with E-state index in [9.17, 15) is 0 Å². The maximum absolute atomic E-state index is 4.05. The topological polar surface area (TPSA) is 0 Å². The van der Waals surface area contributed by atoms with Gasteiger partial charge in [0.25, 0.3) is 0 Å². The molecule has 0 radical (unpaired) electrons.